The van der Waals surface area contributed by atoms with E-state index in [1.54, 1.807) is 0 Å². The Morgan fingerprint density at radius 3 is 2.45 bits per heavy atom. The molecule has 3 rings (SSSR count). The zero-order valence-corrected chi connectivity index (χ0v) is 14.0. The minimum atomic E-state index is -3.67. The van der Waals surface area contributed by atoms with Crippen molar-refractivity contribution >= 4 is 43.8 Å². The first-order chi connectivity index (χ1) is 10.4. The number of nitrogens with zero attached hydrogens (tertiary/aromatic N) is 3. The average Bonchev–Trinajstić information content (AvgIpc) is 2.97. The van der Waals surface area contributed by atoms with Gasteiger partial charge in [-0.2, -0.15) is 0 Å². The standard InChI is InChI=1S/C13H15ClN4O2S2/c14-10-2-1-3-11(8-10)17-4-6-18(7-5-17)13-16-9-12(21-13)22(15,19)20/h1-3,8-9H,4-7H2,(H2,15,19,20). The summed E-state index contributed by atoms with van der Waals surface area (Å²) in [7, 11) is -3.67. The highest BCUT2D eigenvalue weighted by atomic mass is 35.5. The first-order valence-electron chi connectivity index (χ1n) is 6.67. The molecule has 1 aromatic heterocycles. The Morgan fingerprint density at radius 1 is 1.18 bits per heavy atom. The van der Waals surface area contributed by atoms with E-state index in [0.717, 1.165) is 48.2 Å². The smallest absolute Gasteiger partial charge is 0.249 e. The summed E-state index contributed by atoms with van der Waals surface area (Å²) in [6, 6.07) is 7.76. The van der Waals surface area contributed by atoms with Gasteiger partial charge in [0.15, 0.2) is 9.34 Å². The van der Waals surface area contributed by atoms with E-state index in [1.807, 2.05) is 24.3 Å². The van der Waals surface area contributed by atoms with Crippen LogP contribution in [-0.4, -0.2) is 39.6 Å². The third-order valence-electron chi connectivity index (χ3n) is 3.48. The van der Waals surface area contributed by atoms with Crippen molar-refractivity contribution in [3.8, 4) is 0 Å². The van der Waals surface area contributed by atoms with Crippen molar-refractivity contribution in [2.45, 2.75) is 4.21 Å². The molecule has 118 valence electrons. The normalized spacial score (nSPS) is 16.1. The van der Waals surface area contributed by atoms with E-state index in [2.05, 4.69) is 14.8 Å². The Hall–Kier alpha value is -1.35. The highest BCUT2D eigenvalue weighted by Crippen LogP contribution is 2.27. The maximum Gasteiger partial charge on any atom is 0.249 e. The van der Waals surface area contributed by atoms with Crippen LogP contribution in [0, 0.1) is 0 Å². The minimum absolute atomic E-state index is 0.0970. The lowest BCUT2D eigenvalue weighted by Crippen LogP contribution is -2.46. The molecule has 9 heteroatoms. The molecule has 0 aliphatic carbocycles. The van der Waals surface area contributed by atoms with Gasteiger partial charge in [-0.1, -0.05) is 29.0 Å². The Labute approximate surface area is 138 Å². The van der Waals surface area contributed by atoms with Crippen molar-refractivity contribution in [2.24, 2.45) is 5.14 Å². The summed E-state index contributed by atoms with van der Waals surface area (Å²) in [5.74, 6) is 0. The summed E-state index contributed by atoms with van der Waals surface area (Å²) in [5.41, 5.74) is 1.09. The second-order valence-electron chi connectivity index (χ2n) is 4.96. The zero-order chi connectivity index (χ0) is 15.7. The van der Waals surface area contributed by atoms with Crippen molar-refractivity contribution in [1.29, 1.82) is 0 Å². The number of anilines is 2. The third-order valence-corrected chi connectivity index (χ3v) is 6.18. The molecular weight excluding hydrogens is 344 g/mol. The van der Waals surface area contributed by atoms with Gasteiger partial charge in [-0.3, -0.25) is 0 Å². The molecule has 0 bridgehead atoms. The number of primary sulfonamides is 1. The number of halogens is 1. The number of nitrogens with two attached hydrogens (primary N) is 1. The van der Waals surface area contributed by atoms with Gasteiger partial charge >= 0.3 is 0 Å². The molecule has 0 amide bonds. The van der Waals surface area contributed by atoms with Crippen molar-refractivity contribution < 1.29 is 8.42 Å². The first-order valence-corrected chi connectivity index (χ1v) is 9.42. The molecule has 0 saturated carbocycles. The lowest BCUT2D eigenvalue weighted by molar-refractivity contribution is 0.599. The van der Waals surface area contributed by atoms with E-state index in [9.17, 15) is 8.42 Å². The Kier molecular flexibility index (Phi) is 4.26. The monoisotopic (exact) mass is 358 g/mol. The summed E-state index contributed by atoms with van der Waals surface area (Å²) in [5, 5.41) is 6.52. The topological polar surface area (TPSA) is 79.5 Å². The van der Waals surface area contributed by atoms with Gasteiger partial charge in [0.05, 0.1) is 6.20 Å². The molecule has 1 aromatic carbocycles. The first kappa shape index (κ1) is 15.5. The van der Waals surface area contributed by atoms with Gasteiger partial charge in [0, 0.05) is 36.9 Å². The van der Waals surface area contributed by atoms with Crippen molar-refractivity contribution in [1.82, 2.24) is 4.98 Å². The van der Waals surface area contributed by atoms with E-state index >= 15 is 0 Å². The highest BCUT2D eigenvalue weighted by molar-refractivity contribution is 7.91. The quantitative estimate of drug-likeness (QED) is 0.904. The van der Waals surface area contributed by atoms with E-state index in [-0.39, 0.29) is 4.21 Å². The fraction of sp³-hybridized carbons (Fsp3) is 0.308. The van der Waals surface area contributed by atoms with Crippen LogP contribution in [0.25, 0.3) is 0 Å². The number of hydrogen-bond acceptors (Lipinski definition) is 6. The van der Waals surface area contributed by atoms with Crippen molar-refractivity contribution in [2.75, 3.05) is 36.0 Å². The summed E-state index contributed by atoms with van der Waals surface area (Å²) < 4.78 is 22.7. The van der Waals surface area contributed by atoms with Crippen LogP contribution in [0.3, 0.4) is 0 Å². The lowest BCUT2D eigenvalue weighted by atomic mass is 10.2. The zero-order valence-electron chi connectivity index (χ0n) is 11.6. The fourth-order valence-electron chi connectivity index (χ4n) is 2.36. The Bertz CT molecular complexity index is 770. The van der Waals surface area contributed by atoms with Gasteiger partial charge in [-0.05, 0) is 18.2 Å². The molecule has 0 atom stereocenters. The summed E-state index contributed by atoms with van der Waals surface area (Å²) in [6.07, 6.45) is 1.32. The minimum Gasteiger partial charge on any atom is -0.368 e. The molecule has 1 saturated heterocycles. The van der Waals surface area contributed by atoms with Crippen LogP contribution in [-0.2, 0) is 10.0 Å². The number of aromatic nitrogens is 1. The number of benzene rings is 1. The van der Waals surface area contributed by atoms with Crippen LogP contribution < -0.4 is 14.9 Å². The molecule has 0 radical (unpaired) electrons. The summed E-state index contributed by atoms with van der Waals surface area (Å²) in [6.45, 7) is 3.18. The number of hydrogen-bond donors (Lipinski definition) is 1. The maximum atomic E-state index is 11.3. The third kappa shape index (κ3) is 3.35. The fourth-order valence-corrected chi connectivity index (χ4v) is 4.13. The lowest BCUT2D eigenvalue weighted by Gasteiger charge is -2.36. The van der Waals surface area contributed by atoms with Gasteiger partial charge in [-0.15, -0.1) is 0 Å². The van der Waals surface area contributed by atoms with Crippen LogP contribution >= 0.6 is 22.9 Å². The molecule has 1 aliphatic heterocycles. The Morgan fingerprint density at radius 2 is 1.86 bits per heavy atom. The van der Waals surface area contributed by atoms with Crippen LogP contribution in [0.4, 0.5) is 10.8 Å². The van der Waals surface area contributed by atoms with Gasteiger partial charge in [-0.25, -0.2) is 18.5 Å². The molecule has 0 spiro atoms. The van der Waals surface area contributed by atoms with Gasteiger partial charge in [0.2, 0.25) is 10.0 Å². The second kappa shape index (κ2) is 6.04. The summed E-state index contributed by atoms with van der Waals surface area (Å²) >= 11 is 7.13. The Balaban J connectivity index is 1.68. The molecule has 2 N–H and O–H groups in total. The molecule has 0 unspecified atom stereocenters. The SMILES string of the molecule is NS(=O)(=O)c1cnc(N2CCN(c3cccc(Cl)c3)CC2)s1. The number of rotatable bonds is 3. The molecule has 6 nitrogen and oxygen atoms in total. The van der Waals surface area contributed by atoms with Crippen molar-refractivity contribution in [3.05, 3.63) is 35.5 Å². The van der Waals surface area contributed by atoms with Crippen LogP contribution in [0.5, 0.6) is 0 Å². The summed E-state index contributed by atoms with van der Waals surface area (Å²) in [4.78, 5) is 8.48. The molecular formula is C13H15ClN4O2S2. The van der Waals surface area contributed by atoms with Crippen LogP contribution in [0.1, 0.15) is 0 Å². The van der Waals surface area contributed by atoms with Crippen molar-refractivity contribution in [3.63, 3.8) is 0 Å². The van der Waals surface area contributed by atoms with Gasteiger partial charge < -0.3 is 9.80 Å². The second-order valence-corrected chi connectivity index (χ2v) is 8.19. The van der Waals surface area contributed by atoms with Gasteiger partial charge in [0.25, 0.3) is 0 Å². The van der Waals surface area contributed by atoms with Crippen LogP contribution in [0.2, 0.25) is 5.02 Å². The molecule has 2 heterocycles. The van der Waals surface area contributed by atoms with E-state index in [0.29, 0.717) is 5.13 Å². The largest absolute Gasteiger partial charge is 0.368 e. The molecule has 1 fully saturated rings. The number of sulfonamides is 1. The molecule has 1 aliphatic rings. The molecule has 2 aromatic rings. The average molecular weight is 359 g/mol. The van der Waals surface area contributed by atoms with Crippen LogP contribution in [0.15, 0.2) is 34.7 Å². The van der Waals surface area contributed by atoms with Gasteiger partial charge in [0.1, 0.15) is 0 Å². The van der Waals surface area contributed by atoms with E-state index < -0.39 is 10.0 Å². The highest BCUT2D eigenvalue weighted by Gasteiger charge is 2.21. The molecule has 22 heavy (non-hydrogen) atoms. The van der Waals surface area contributed by atoms with E-state index in [4.69, 9.17) is 16.7 Å². The predicted molar refractivity (Wildman–Crippen MR) is 89.4 cm³/mol. The maximum absolute atomic E-state index is 11.3. The van der Waals surface area contributed by atoms with E-state index in [1.165, 1.54) is 6.20 Å². The predicted octanol–water partition coefficient (Wildman–Crippen LogP) is 1.77. The number of thiazole rings is 1. The number of piperazine rings is 1.